The van der Waals surface area contributed by atoms with Crippen molar-refractivity contribution in [3.8, 4) is 11.8 Å². The van der Waals surface area contributed by atoms with Gasteiger partial charge in [-0.3, -0.25) is 4.90 Å². The van der Waals surface area contributed by atoms with Crippen LogP contribution in [0.2, 0.25) is 0 Å². The summed E-state index contributed by atoms with van der Waals surface area (Å²) in [6.45, 7) is 2.41. The molecule has 3 rings (SSSR count). The number of hydrogen-bond donors (Lipinski definition) is 0. The lowest BCUT2D eigenvalue weighted by atomic mass is 9.89. The Balaban J connectivity index is 1.76. The number of piperidine rings is 1. The molecule has 1 aromatic carbocycles. The van der Waals surface area contributed by atoms with E-state index in [1.165, 1.54) is 70.0 Å². The standard InChI is InChI=1S/C20H27N/c1-4-10-18(11-5-1)14-15-20(19-12-6-2-7-13-19)21-16-8-3-9-17-21/h2,6-7,12-13,18,20H,1,3-5,8-11,16-17H2/t20-/m1/s1. The van der Waals surface area contributed by atoms with Crippen molar-refractivity contribution in [3.63, 3.8) is 0 Å². The first-order chi connectivity index (χ1) is 10.4. The smallest absolute Gasteiger partial charge is 0.0970 e. The van der Waals surface area contributed by atoms with Gasteiger partial charge < -0.3 is 0 Å². The number of benzene rings is 1. The van der Waals surface area contributed by atoms with Gasteiger partial charge >= 0.3 is 0 Å². The van der Waals surface area contributed by atoms with Crippen molar-refractivity contribution in [2.75, 3.05) is 13.1 Å². The minimum absolute atomic E-state index is 0.313. The van der Waals surface area contributed by atoms with Crippen LogP contribution >= 0.6 is 0 Å². The fourth-order valence-electron chi connectivity index (χ4n) is 3.64. The molecule has 0 aromatic heterocycles. The second kappa shape index (κ2) is 7.66. The molecule has 1 aliphatic heterocycles. The summed E-state index contributed by atoms with van der Waals surface area (Å²) in [5, 5.41) is 0. The highest BCUT2D eigenvalue weighted by atomic mass is 15.2. The van der Waals surface area contributed by atoms with Gasteiger partial charge in [-0.25, -0.2) is 0 Å². The largest absolute Gasteiger partial charge is 0.286 e. The summed E-state index contributed by atoms with van der Waals surface area (Å²) in [5.74, 6) is 7.93. The Morgan fingerprint density at radius 3 is 2.24 bits per heavy atom. The molecule has 1 aliphatic carbocycles. The molecule has 0 spiro atoms. The molecular weight excluding hydrogens is 254 g/mol. The third-order valence-electron chi connectivity index (χ3n) is 4.90. The van der Waals surface area contributed by atoms with Crippen molar-refractivity contribution in [2.45, 2.75) is 57.4 Å². The molecule has 0 bridgehead atoms. The van der Waals surface area contributed by atoms with E-state index in [4.69, 9.17) is 0 Å². The van der Waals surface area contributed by atoms with E-state index in [1.54, 1.807) is 0 Å². The zero-order chi connectivity index (χ0) is 14.3. The first-order valence-corrected chi connectivity index (χ1v) is 8.73. The summed E-state index contributed by atoms with van der Waals surface area (Å²) in [7, 11) is 0. The summed E-state index contributed by atoms with van der Waals surface area (Å²) < 4.78 is 0. The first kappa shape index (κ1) is 14.7. The normalized spacial score (nSPS) is 22.3. The monoisotopic (exact) mass is 281 g/mol. The maximum Gasteiger partial charge on any atom is 0.0970 e. The SMILES string of the molecule is C(#C[C@H](c1ccccc1)N1CCCCC1)C1CCCCC1. The highest BCUT2D eigenvalue weighted by Crippen LogP contribution is 2.26. The average molecular weight is 281 g/mol. The molecule has 0 unspecified atom stereocenters. The molecule has 0 amide bonds. The third-order valence-corrected chi connectivity index (χ3v) is 4.90. The van der Waals surface area contributed by atoms with E-state index in [-0.39, 0.29) is 0 Å². The molecule has 1 saturated carbocycles. The highest BCUT2D eigenvalue weighted by molar-refractivity contribution is 5.28. The summed E-state index contributed by atoms with van der Waals surface area (Å²) in [4.78, 5) is 2.59. The van der Waals surface area contributed by atoms with E-state index in [0.717, 1.165) is 0 Å². The van der Waals surface area contributed by atoms with Gasteiger partial charge in [0.05, 0.1) is 6.04 Å². The van der Waals surface area contributed by atoms with Crippen LogP contribution in [0.15, 0.2) is 30.3 Å². The first-order valence-electron chi connectivity index (χ1n) is 8.73. The molecule has 1 heterocycles. The van der Waals surface area contributed by atoms with E-state index >= 15 is 0 Å². The maximum atomic E-state index is 3.65. The lowest BCUT2D eigenvalue weighted by Gasteiger charge is -2.32. The molecule has 21 heavy (non-hydrogen) atoms. The lowest BCUT2D eigenvalue weighted by Crippen LogP contribution is -2.33. The maximum absolute atomic E-state index is 3.65. The van der Waals surface area contributed by atoms with E-state index in [1.807, 2.05) is 0 Å². The summed E-state index contributed by atoms with van der Waals surface area (Å²) in [6, 6.07) is 11.2. The van der Waals surface area contributed by atoms with Crippen LogP contribution in [0.5, 0.6) is 0 Å². The van der Waals surface area contributed by atoms with Crippen molar-refractivity contribution in [2.24, 2.45) is 5.92 Å². The number of nitrogens with zero attached hydrogens (tertiary/aromatic N) is 1. The van der Waals surface area contributed by atoms with E-state index in [9.17, 15) is 0 Å². The lowest BCUT2D eigenvalue weighted by molar-refractivity contribution is 0.197. The van der Waals surface area contributed by atoms with Gasteiger partial charge in [-0.15, -0.1) is 0 Å². The Morgan fingerprint density at radius 1 is 0.857 bits per heavy atom. The molecule has 1 heteroatoms. The van der Waals surface area contributed by atoms with Crippen LogP contribution in [0.4, 0.5) is 0 Å². The molecule has 2 fully saturated rings. The van der Waals surface area contributed by atoms with E-state index < -0.39 is 0 Å². The van der Waals surface area contributed by atoms with Gasteiger partial charge in [0.25, 0.3) is 0 Å². The number of rotatable bonds is 2. The Morgan fingerprint density at radius 2 is 1.52 bits per heavy atom. The fraction of sp³-hybridized carbons (Fsp3) is 0.600. The molecular formula is C20H27N. The van der Waals surface area contributed by atoms with Gasteiger partial charge in [-0.1, -0.05) is 67.9 Å². The van der Waals surface area contributed by atoms with Crippen LogP contribution in [0.25, 0.3) is 0 Å². The van der Waals surface area contributed by atoms with Gasteiger partial charge in [0.2, 0.25) is 0 Å². The molecule has 112 valence electrons. The summed E-state index contributed by atoms with van der Waals surface area (Å²) in [5.41, 5.74) is 1.38. The quantitative estimate of drug-likeness (QED) is 0.704. The second-order valence-electron chi connectivity index (χ2n) is 6.53. The molecule has 1 saturated heterocycles. The van der Waals surface area contributed by atoms with Crippen LogP contribution in [-0.2, 0) is 0 Å². The van der Waals surface area contributed by atoms with Gasteiger partial charge in [0.1, 0.15) is 0 Å². The predicted octanol–water partition coefficient (Wildman–Crippen LogP) is 4.80. The van der Waals surface area contributed by atoms with Gasteiger partial charge in [0.15, 0.2) is 0 Å². The Hall–Kier alpha value is -1.26. The van der Waals surface area contributed by atoms with Crippen LogP contribution in [0, 0.1) is 17.8 Å². The molecule has 1 atom stereocenters. The number of likely N-dealkylation sites (tertiary alicyclic amines) is 1. The number of hydrogen-bond acceptors (Lipinski definition) is 1. The van der Waals surface area contributed by atoms with E-state index in [0.29, 0.717) is 12.0 Å². The second-order valence-corrected chi connectivity index (χ2v) is 6.53. The minimum atomic E-state index is 0.313. The summed E-state index contributed by atoms with van der Waals surface area (Å²) >= 11 is 0. The Bertz CT molecular complexity index is 470. The summed E-state index contributed by atoms with van der Waals surface area (Å²) in [6.07, 6.45) is 10.8. The average Bonchev–Trinajstić information content (AvgIpc) is 2.58. The Labute approximate surface area is 129 Å². The molecule has 1 nitrogen and oxygen atoms in total. The van der Waals surface area contributed by atoms with Gasteiger partial charge in [0, 0.05) is 5.92 Å². The van der Waals surface area contributed by atoms with Crippen LogP contribution < -0.4 is 0 Å². The third kappa shape index (κ3) is 4.11. The van der Waals surface area contributed by atoms with Gasteiger partial charge in [-0.05, 0) is 44.3 Å². The van der Waals surface area contributed by atoms with Crippen molar-refractivity contribution in [1.82, 2.24) is 4.90 Å². The van der Waals surface area contributed by atoms with Crippen LogP contribution in [0.3, 0.4) is 0 Å². The Kier molecular flexibility index (Phi) is 5.35. The van der Waals surface area contributed by atoms with Crippen molar-refractivity contribution in [1.29, 1.82) is 0 Å². The zero-order valence-electron chi connectivity index (χ0n) is 13.1. The molecule has 2 aliphatic rings. The zero-order valence-corrected chi connectivity index (χ0v) is 13.1. The van der Waals surface area contributed by atoms with Crippen LogP contribution in [-0.4, -0.2) is 18.0 Å². The molecule has 1 aromatic rings. The van der Waals surface area contributed by atoms with E-state index in [2.05, 4.69) is 47.1 Å². The fourth-order valence-corrected chi connectivity index (χ4v) is 3.64. The van der Waals surface area contributed by atoms with Crippen LogP contribution in [0.1, 0.15) is 63.0 Å². The van der Waals surface area contributed by atoms with Gasteiger partial charge in [-0.2, -0.15) is 0 Å². The predicted molar refractivity (Wildman–Crippen MR) is 89.0 cm³/mol. The topological polar surface area (TPSA) is 3.24 Å². The van der Waals surface area contributed by atoms with Crippen molar-refractivity contribution in [3.05, 3.63) is 35.9 Å². The van der Waals surface area contributed by atoms with Crippen molar-refractivity contribution < 1.29 is 0 Å². The minimum Gasteiger partial charge on any atom is -0.286 e. The molecule has 0 radical (unpaired) electrons. The van der Waals surface area contributed by atoms with Crippen molar-refractivity contribution >= 4 is 0 Å². The molecule has 0 N–H and O–H groups in total. The highest BCUT2D eigenvalue weighted by Gasteiger charge is 2.20.